The van der Waals surface area contributed by atoms with Gasteiger partial charge in [-0.3, -0.25) is 4.79 Å². The topological polar surface area (TPSA) is 67.9 Å². The molecule has 0 aliphatic heterocycles. The van der Waals surface area contributed by atoms with Gasteiger partial charge in [0.1, 0.15) is 23.1 Å². The van der Waals surface area contributed by atoms with Crippen molar-refractivity contribution in [2.24, 2.45) is 0 Å². The number of ether oxygens (including phenoxy) is 1. The van der Waals surface area contributed by atoms with E-state index in [-0.39, 0.29) is 17.7 Å². The first-order chi connectivity index (χ1) is 12.1. The van der Waals surface area contributed by atoms with Crippen LogP contribution < -0.4 is 10.3 Å². The molecule has 1 heterocycles. The molecule has 2 aromatic carbocycles. The summed E-state index contributed by atoms with van der Waals surface area (Å²) in [7, 11) is 0. The van der Waals surface area contributed by atoms with E-state index in [2.05, 4.69) is 5.10 Å². The molecule has 3 rings (SSSR count). The average molecular weight is 331 g/mol. The molecule has 124 valence electrons. The molecule has 0 N–H and O–H groups in total. The van der Waals surface area contributed by atoms with E-state index in [9.17, 15) is 10.1 Å². The van der Waals surface area contributed by atoms with Crippen molar-refractivity contribution in [2.45, 2.75) is 20.4 Å². The fourth-order valence-corrected chi connectivity index (χ4v) is 2.52. The molecule has 0 fully saturated rings. The number of rotatable bonds is 4. The molecule has 0 spiro atoms. The summed E-state index contributed by atoms with van der Waals surface area (Å²) in [6.45, 7) is 3.76. The number of aryl methyl sites for hydroxylation is 1. The molecule has 5 heteroatoms. The Hall–Kier alpha value is -3.39. The second-order valence-electron chi connectivity index (χ2n) is 5.68. The van der Waals surface area contributed by atoms with Gasteiger partial charge in [0.2, 0.25) is 0 Å². The van der Waals surface area contributed by atoms with Crippen LogP contribution in [-0.4, -0.2) is 9.78 Å². The Bertz CT molecular complexity index is 1000. The summed E-state index contributed by atoms with van der Waals surface area (Å²) < 4.78 is 7.24. The van der Waals surface area contributed by atoms with Crippen molar-refractivity contribution in [2.75, 3.05) is 0 Å². The van der Waals surface area contributed by atoms with Gasteiger partial charge in [-0.2, -0.15) is 10.4 Å². The fraction of sp³-hybridized carbons (Fsp3) is 0.150. The predicted molar refractivity (Wildman–Crippen MR) is 94.7 cm³/mol. The highest BCUT2D eigenvalue weighted by Crippen LogP contribution is 2.25. The lowest BCUT2D eigenvalue weighted by atomic mass is 10.1. The van der Waals surface area contributed by atoms with E-state index in [1.54, 1.807) is 13.8 Å². The van der Waals surface area contributed by atoms with Gasteiger partial charge in [0, 0.05) is 5.56 Å². The average Bonchev–Trinajstić information content (AvgIpc) is 2.63. The molecule has 0 radical (unpaired) electrons. The normalized spacial score (nSPS) is 10.3. The minimum Gasteiger partial charge on any atom is -0.457 e. The van der Waals surface area contributed by atoms with Crippen LogP contribution in [0.2, 0.25) is 0 Å². The zero-order chi connectivity index (χ0) is 17.8. The summed E-state index contributed by atoms with van der Waals surface area (Å²) in [5, 5.41) is 13.6. The van der Waals surface area contributed by atoms with Crippen molar-refractivity contribution in [3.05, 3.63) is 87.3 Å². The maximum atomic E-state index is 12.5. The second kappa shape index (κ2) is 7.02. The molecule has 25 heavy (non-hydrogen) atoms. The third kappa shape index (κ3) is 3.43. The third-order valence-corrected chi connectivity index (χ3v) is 4.01. The lowest BCUT2D eigenvalue weighted by Crippen LogP contribution is -2.28. The Balaban J connectivity index is 1.99. The number of hydrogen-bond acceptors (Lipinski definition) is 4. The van der Waals surface area contributed by atoms with Gasteiger partial charge in [-0.15, -0.1) is 0 Å². The fourth-order valence-electron chi connectivity index (χ4n) is 2.52. The lowest BCUT2D eigenvalue weighted by molar-refractivity contribution is 0.470. The van der Waals surface area contributed by atoms with E-state index in [4.69, 9.17) is 4.74 Å². The van der Waals surface area contributed by atoms with Crippen LogP contribution in [0.4, 0.5) is 0 Å². The van der Waals surface area contributed by atoms with Crippen molar-refractivity contribution in [3.8, 4) is 17.6 Å². The Kier molecular flexibility index (Phi) is 4.62. The van der Waals surface area contributed by atoms with Crippen molar-refractivity contribution in [1.82, 2.24) is 9.78 Å². The van der Waals surface area contributed by atoms with Crippen LogP contribution in [-0.2, 0) is 6.54 Å². The summed E-state index contributed by atoms with van der Waals surface area (Å²) in [4.78, 5) is 12.5. The molecule has 0 aliphatic rings. The van der Waals surface area contributed by atoms with E-state index in [0.717, 1.165) is 5.56 Å². The predicted octanol–water partition coefficient (Wildman–Crippen LogP) is 3.57. The molecule has 0 saturated carbocycles. The smallest absolute Gasteiger partial charge is 0.285 e. The number of nitrogens with zero attached hydrogens (tertiary/aromatic N) is 3. The quantitative estimate of drug-likeness (QED) is 0.733. The van der Waals surface area contributed by atoms with Crippen LogP contribution in [0.1, 0.15) is 22.4 Å². The standard InChI is InChI=1S/C20H17N3O2/c1-14-15(2)22-23(20(24)18(14)12-21)13-16-8-6-7-11-19(16)25-17-9-4-3-5-10-17/h3-11H,13H2,1-2H3. The van der Waals surface area contributed by atoms with E-state index in [1.165, 1.54) is 4.68 Å². The second-order valence-corrected chi connectivity index (χ2v) is 5.68. The molecule has 0 atom stereocenters. The largest absolute Gasteiger partial charge is 0.457 e. The first-order valence-electron chi connectivity index (χ1n) is 7.89. The molecular weight excluding hydrogens is 314 g/mol. The Morgan fingerprint density at radius 1 is 1.08 bits per heavy atom. The van der Waals surface area contributed by atoms with E-state index in [1.807, 2.05) is 60.7 Å². The van der Waals surface area contributed by atoms with Gasteiger partial charge < -0.3 is 4.74 Å². The van der Waals surface area contributed by atoms with E-state index < -0.39 is 0 Å². The highest BCUT2D eigenvalue weighted by atomic mass is 16.5. The molecule has 3 aromatic rings. The van der Waals surface area contributed by atoms with Crippen LogP contribution in [0.25, 0.3) is 0 Å². The minimum atomic E-state index is -0.389. The Labute approximate surface area is 145 Å². The van der Waals surface area contributed by atoms with Gasteiger partial charge in [0.05, 0.1) is 12.2 Å². The van der Waals surface area contributed by atoms with E-state index in [0.29, 0.717) is 22.8 Å². The summed E-state index contributed by atoms with van der Waals surface area (Å²) in [6, 6.07) is 18.9. The maximum absolute atomic E-state index is 12.5. The van der Waals surface area contributed by atoms with Crippen molar-refractivity contribution in [1.29, 1.82) is 5.26 Å². The number of nitriles is 1. The lowest BCUT2D eigenvalue weighted by Gasteiger charge is -2.13. The number of para-hydroxylation sites is 2. The summed E-state index contributed by atoms with van der Waals surface area (Å²) >= 11 is 0. The molecule has 1 aromatic heterocycles. The highest BCUT2D eigenvalue weighted by Gasteiger charge is 2.13. The zero-order valence-electron chi connectivity index (χ0n) is 14.1. The third-order valence-electron chi connectivity index (χ3n) is 4.01. The Morgan fingerprint density at radius 2 is 1.76 bits per heavy atom. The van der Waals surface area contributed by atoms with Crippen molar-refractivity contribution >= 4 is 0 Å². The van der Waals surface area contributed by atoms with Gasteiger partial charge in [0.25, 0.3) is 5.56 Å². The zero-order valence-corrected chi connectivity index (χ0v) is 14.1. The molecule has 0 amide bonds. The van der Waals surface area contributed by atoms with E-state index >= 15 is 0 Å². The van der Waals surface area contributed by atoms with Crippen LogP contribution in [0.15, 0.2) is 59.4 Å². The van der Waals surface area contributed by atoms with Crippen molar-refractivity contribution in [3.63, 3.8) is 0 Å². The minimum absolute atomic E-state index is 0.133. The number of benzene rings is 2. The molecule has 0 bridgehead atoms. The van der Waals surface area contributed by atoms with Gasteiger partial charge in [0.15, 0.2) is 0 Å². The van der Waals surface area contributed by atoms with Gasteiger partial charge >= 0.3 is 0 Å². The highest BCUT2D eigenvalue weighted by molar-refractivity contribution is 5.39. The first-order valence-corrected chi connectivity index (χ1v) is 7.89. The Morgan fingerprint density at radius 3 is 2.48 bits per heavy atom. The molecule has 0 unspecified atom stereocenters. The van der Waals surface area contributed by atoms with Crippen LogP contribution in [0.5, 0.6) is 11.5 Å². The van der Waals surface area contributed by atoms with Gasteiger partial charge in [-0.25, -0.2) is 4.68 Å². The summed E-state index contributed by atoms with van der Waals surface area (Å²) in [6.07, 6.45) is 0. The van der Waals surface area contributed by atoms with Crippen LogP contribution >= 0.6 is 0 Å². The molecule has 5 nitrogen and oxygen atoms in total. The summed E-state index contributed by atoms with van der Waals surface area (Å²) in [5.74, 6) is 1.37. The van der Waals surface area contributed by atoms with Crippen molar-refractivity contribution < 1.29 is 4.74 Å². The van der Waals surface area contributed by atoms with Gasteiger partial charge in [-0.1, -0.05) is 36.4 Å². The molecule has 0 aliphatic carbocycles. The molecule has 0 saturated heterocycles. The number of aromatic nitrogens is 2. The summed E-state index contributed by atoms with van der Waals surface area (Å²) in [5.41, 5.74) is 1.84. The SMILES string of the molecule is Cc1nn(Cc2ccccc2Oc2ccccc2)c(=O)c(C#N)c1C. The van der Waals surface area contributed by atoms with Crippen LogP contribution in [0, 0.1) is 25.2 Å². The first kappa shape index (κ1) is 16.5. The monoisotopic (exact) mass is 331 g/mol. The number of hydrogen-bond donors (Lipinski definition) is 0. The molecular formula is C20H17N3O2. The maximum Gasteiger partial charge on any atom is 0.285 e. The van der Waals surface area contributed by atoms with Gasteiger partial charge in [-0.05, 0) is 37.6 Å². The van der Waals surface area contributed by atoms with Crippen LogP contribution in [0.3, 0.4) is 0 Å².